The highest BCUT2D eigenvalue weighted by molar-refractivity contribution is 6.36. The van der Waals surface area contributed by atoms with E-state index >= 15 is 0 Å². The summed E-state index contributed by atoms with van der Waals surface area (Å²) in [4.78, 5) is 13.2. The number of fused-ring (bicyclic) bond motifs is 1. The van der Waals surface area contributed by atoms with Crippen LogP contribution >= 0.6 is 23.2 Å². The molecule has 1 aliphatic heterocycles. The summed E-state index contributed by atoms with van der Waals surface area (Å²) in [6.07, 6.45) is 1.75. The van der Waals surface area contributed by atoms with Gasteiger partial charge in [0, 0.05) is 11.8 Å². The Labute approximate surface area is 120 Å². The van der Waals surface area contributed by atoms with Crippen molar-refractivity contribution in [1.29, 1.82) is 0 Å². The maximum Gasteiger partial charge on any atom is 0.130 e. The van der Waals surface area contributed by atoms with Crippen LogP contribution in [0.3, 0.4) is 0 Å². The van der Waals surface area contributed by atoms with Gasteiger partial charge in [-0.3, -0.25) is 9.98 Å². The fourth-order valence-corrected chi connectivity index (χ4v) is 2.29. The van der Waals surface area contributed by atoms with Crippen molar-refractivity contribution < 1.29 is 0 Å². The van der Waals surface area contributed by atoms with Crippen LogP contribution < -0.4 is 0 Å². The van der Waals surface area contributed by atoms with E-state index in [4.69, 9.17) is 23.2 Å². The molecule has 0 amide bonds. The van der Waals surface area contributed by atoms with Gasteiger partial charge in [-0.2, -0.15) is 0 Å². The van der Waals surface area contributed by atoms with Crippen LogP contribution in [0.4, 0.5) is 5.69 Å². The van der Waals surface area contributed by atoms with E-state index < -0.39 is 0 Å². The van der Waals surface area contributed by atoms with Crippen molar-refractivity contribution in [3.63, 3.8) is 0 Å². The number of halogens is 2. The van der Waals surface area contributed by atoms with Gasteiger partial charge in [-0.15, -0.1) is 0 Å². The van der Waals surface area contributed by atoms with E-state index in [-0.39, 0.29) is 0 Å². The van der Waals surface area contributed by atoms with Crippen molar-refractivity contribution in [2.24, 2.45) is 9.98 Å². The quantitative estimate of drug-likeness (QED) is 0.733. The van der Waals surface area contributed by atoms with Gasteiger partial charge in [0.2, 0.25) is 0 Å². The lowest BCUT2D eigenvalue weighted by Gasteiger charge is -2.09. The molecule has 0 fully saturated rings. The van der Waals surface area contributed by atoms with E-state index in [1.54, 1.807) is 12.3 Å². The number of nitrogens with zero attached hydrogens (tertiary/aromatic N) is 3. The van der Waals surface area contributed by atoms with Gasteiger partial charge in [0.1, 0.15) is 10.8 Å². The highest BCUT2D eigenvalue weighted by Crippen LogP contribution is 2.27. The molecule has 0 radical (unpaired) electrons. The highest BCUT2D eigenvalue weighted by Gasteiger charge is 2.17. The van der Waals surface area contributed by atoms with Crippen molar-refractivity contribution >= 4 is 40.8 Å². The maximum atomic E-state index is 6.23. The number of hydrogen-bond donors (Lipinski definition) is 0. The molecule has 0 bridgehead atoms. The van der Waals surface area contributed by atoms with Gasteiger partial charge in [0.05, 0.1) is 23.0 Å². The minimum absolute atomic E-state index is 0.413. The number of pyridine rings is 1. The van der Waals surface area contributed by atoms with Gasteiger partial charge in [-0.1, -0.05) is 41.4 Å². The standard InChI is InChI=1S/C14H9Cl2N3/c15-10-4-2-1-3-9(10)13-14-11(17-7-8-18-13)5-6-12(16)19-14/h1-7H,8H2. The van der Waals surface area contributed by atoms with Crippen LogP contribution in [-0.4, -0.2) is 23.5 Å². The molecule has 5 heteroatoms. The van der Waals surface area contributed by atoms with Gasteiger partial charge in [0.25, 0.3) is 0 Å². The summed E-state index contributed by atoms with van der Waals surface area (Å²) in [5.41, 5.74) is 2.97. The Morgan fingerprint density at radius 3 is 2.68 bits per heavy atom. The van der Waals surface area contributed by atoms with Crippen LogP contribution in [0.2, 0.25) is 10.2 Å². The molecular formula is C14H9Cl2N3. The Hall–Kier alpha value is -1.71. The molecule has 2 aromatic rings. The lowest BCUT2D eigenvalue weighted by atomic mass is 10.1. The largest absolute Gasteiger partial charge is 0.277 e. The van der Waals surface area contributed by atoms with Gasteiger partial charge >= 0.3 is 0 Å². The van der Waals surface area contributed by atoms with E-state index in [9.17, 15) is 0 Å². The second-order valence-corrected chi connectivity index (χ2v) is 4.78. The van der Waals surface area contributed by atoms with Gasteiger partial charge in [-0.25, -0.2) is 4.98 Å². The molecule has 0 saturated heterocycles. The second-order valence-electron chi connectivity index (χ2n) is 3.98. The average Bonchev–Trinajstić information content (AvgIpc) is 2.61. The third-order valence-electron chi connectivity index (χ3n) is 2.75. The lowest BCUT2D eigenvalue weighted by Crippen LogP contribution is -2.07. The molecule has 1 aliphatic rings. The average molecular weight is 290 g/mol. The first-order valence-electron chi connectivity index (χ1n) is 5.74. The van der Waals surface area contributed by atoms with E-state index in [2.05, 4.69) is 15.0 Å². The molecule has 0 unspecified atom stereocenters. The molecule has 3 rings (SSSR count). The molecule has 2 heterocycles. The molecule has 1 aromatic heterocycles. The molecular weight excluding hydrogens is 281 g/mol. The zero-order chi connectivity index (χ0) is 13.2. The zero-order valence-corrected chi connectivity index (χ0v) is 11.4. The van der Waals surface area contributed by atoms with Crippen molar-refractivity contribution in [3.8, 4) is 0 Å². The van der Waals surface area contributed by atoms with E-state index in [1.165, 1.54) is 0 Å². The smallest absolute Gasteiger partial charge is 0.130 e. The molecule has 94 valence electrons. The van der Waals surface area contributed by atoms with Crippen molar-refractivity contribution in [1.82, 2.24) is 4.98 Å². The SMILES string of the molecule is Clc1ccc2c(n1)C(c1ccccc1Cl)=NCC=N2. The van der Waals surface area contributed by atoms with Crippen molar-refractivity contribution in [2.45, 2.75) is 0 Å². The second kappa shape index (κ2) is 5.11. The Morgan fingerprint density at radius 2 is 1.84 bits per heavy atom. The first kappa shape index (κ1) is 12.3. The molecule has 0 spiro atoms. The van der Waals surface area contributed by atoms with Gasteiger partial charge in [-0.05, 0) is 18.2 Å². The molecule has 0 saturated carbocycles. The summed E-state index contributed by atoms with van der Waals surface area (Å²) in [7, 11) is 0. The number of aromatic nitrogens is 1. The molecule has 0 N–H and O–H groups in total. The number of benzene rings is 1. The minimum Gasteiger partial charge on any atom is -0.277 e. The summed E-state index contributed by atoms with van der Waals surface area (Å²) in [5, 5.41) is 1.05. The summed E-state index contributed by atoms with van der Waals surface area (Å²) in [6.45, 7) is 0.495. The fraction of sp³-hybridized carbons (Fsp3) is 0.0714. The van der Waals surface area contributed by atoms with Crippen LogP contribution in [0, 0.1) is 0 Å². The molecule has 1 aromatic carbocycles. The zero-order valence-electron chi connectivity index (χ0n) is 9.85. The molecule has 0 atom stereocenters. The van der Waals surface area contributed by atoms with Crippen LogP contribution in [0.1, 0.15) is 11.3 Å². The predicted octanol–water partition coefficient (Wildman–Crippen LogP) is 3.94. The third kappa shape index (κ3) is 2.39. The molecule has 3 nitrogen and oxygen atoms in total. The number of hydrogen-bond acceptors (Lipinski definition) is 3. The first-order chi connectivity index (χ1) is 9.25. The third-order valence-corrected chi connectivity index (χ3v) is 3.29. The number of rotatable bonds is 1. The monoisotopic (exact) mass is 289 g/mol. The fourth-order valence-electron chi connectivity index (χ4n) is 1.92. The Bertz CT molecular complexity index is 693. The van der Waals surface area contributed by atoms with E-state index in [0.717, 1.165) is 17.0 Å². The predicted molar refractivity (Wildman–Crippen MR) is 79.4 cm³/mol. The van der Waals surface area contributed by atoms with Crippen LogP contribution in [0.15, 0.2) is 46.4 Å². The Balaban J connectivity index is 2.22. The van der Waals surface area contributed by atoms with Crippen molar-refractivity contribution in [3.05, 3.63) is 57.8 Å². The normalized spacial score (nSPS) is 13.7. The van der Waals surface area contributed by atoms with Crippen LogP contribution in [0.5, 0.6) is 0 Å². The minimum atomic E-state index is 0.413. The van der Waals surface area contributed by atoms with E-state index in [0.29, 0.717) is 22.4 Å². The van der Waals surface area contributed by atoms with Gasteiger partial charge < -0.3 is 0 Å². The van der Waals surface area contributed by atoms with Crippen LogP contribution in [0.25, 0.3) is 0 Å². The number of aliphatic imine (C=N–C) groups is 2. The van der Waals surface area contributed by atoms with Gasteiger partial charge in [0.15, 0.2) is 0 Å². The maximum absolute atomic E-state index is 6.23. The highest BCUT2D eigenvalue weighted by atomic mass is 35.5. The first-order valence-corrected chi connectivity index (χ1v) is 6.50. The summed E-state index contributed by atoms with van der Waals surface area (Å²) < 4.78 is 0. The lowest BCUT2D eigenvalue weighted by molar-refractivity contribution is 1.26. The summed E-state index contributed by atoms with van der Waals surface area (Å²) in [6, 6.07) is 11.1. The summed E-state index contributed by atoms with van der Waals surface area (Å²) in [5.74, 6) is 0. The van der Waals surface area contributed by atoms with Crippen LogP contribution in [-0.2, 0) is 0 Å². The Morgan fingerprint density at radius 1 is 1.00 bits per heavy atom. The molecule has 19 heavy (non-hydrogen) atoms. The van der Waals surface area contributed by atoms with Crippen molar-refractivity contribution in [2.75, 3.05) is 6.54 Å². The van der Waals surface area contributed by atoms with E-state index in [1.807, 2.05) is 30.3 Å². The summed E-state index contributed by atoms with van der Waals surface area (Å²) >= 11 is 12.2. The Kier molecular flexibility index (Phi) is 3.32. The topological polar surface area (TPSA) is 37.6 Å². The molecule has 0 aliphatic carbocycles.